The smallest absolute Gasteiger partial charge is 0.279 e. The van der Waals surface area contributed by atoms with Gasteiger partial charge in [-0.1, -0.05) is 13.8 Å². The Kier molecular flexibility index (Phi) is 2.76. The molecule has 0 saturated carbocycles. The number of imidazole rings is 1. The van der Waals surface area contributed by atoms with Gasteiger partial charge in [-0.15, -0.1) is 11.3 Å². The van der Waals surface area contributed by atoms with Gasteiger partial charge < -0.3 is 0 Å². The predicted octanol–water partition coefficient (Wildman–Crippen LogP) is 2.76. The molecule has 0 aliphatic rings. The SMILES string of the molecule is Cc1nc2sc(C(C)C)cn2c1S(=O)(=O)Cl. The summed E-state index contributed by atoms with van der Waals surface area (Å²) in [6.07, 6.45) is 1.79. The minimum atomic E-state index is -3.75. The molecule has 0 radical (unpaired) electrons. The average Bonchev–Trinajstić information content (AvgIpc) is 2.56. The zero-order valence-electron chi connectivity index (χ0n) is 9.06. The number of hydrogen-bond donors (Lipinski definition) is 0. The van der Waals surface area contributed by atoms with Crippen LogP contribution in [0.4, 0.5) is 0 Å². The third-order valence-corrected chi connectivity index (χ3v) is 4.94. The van der Waals surface area contributed by atoms with Gasteiger partial charge in [0.05, 0.1) is 5.69 Å². The number of rotatable bonds is 2. The molecule has 0 aliphatic heterocycles. The maximum absolute atomic E-state index is 11.4. The van der Waals surface area contributed by atoms with E-state index in [0.29, 0.717) is 16.6 Å². The van der Waals surface area contributed by atoms with Crippen LogP contribution in [0, 0.1) is 6.92 Å². The summed E-state index contributed by atoms with van der Waals surface area (Å²) in [5, 5.41) is 0.0762. The molecule has 0 atom stereocenters. The van der Waals surface area contributed by atoms with Gasteiger partial charge in [0.2, 0.25) is 0 Å². The first-order valence-electron chi connectivity index (χ1n) is 4.73. The Labute approximate surface area is 102 Å². The molecule has 16 heavy (non-hydrogen) atoms. The van der Waals surface area contributed by atoms with E-state index in [-0.39, 0.29) is 5.03 Å². The molecule has 7 heteroatoms. The summed E-state index contributed by atoms with van der Waals surface area (Å²) in [6.45, 7) is 5.74. The molecule has 0 aliphatic carbocycles. The highest BCUT2D eigenvalue weighted by molar-refractivity contribution is 8.13. The highest BCUT2D eigenvalue weighted by atomic mass is 35.7. The van der Waals surface area contributed by atoms with Gasteiger partial charge in [-0.05, 0) is 12.8 Å². The maximum atomic E-state index is 11.4. The minimum absolute atomic E-state index is 0.0762. The second-order valence-electron chi connectivity index (χ2n) is 3.88. The molecular weight excluding hydrogens is 268 g/mol. The standard InChI is InChI=1S/C9H11ClN2O2S2/c1-5(2)7-4-12-8(16(10,13)14)6(3)11-9(12)15-7/h4-5H,1-3H3. The molecule has 4 nitrogen and oxygen atoms in total. The molecule has 0 bridgehead atoms. The first-order chi connectivity index (χ1) is 7.30. The lowest BCUT2D eigenvalue weighted by Gasteiger charge is -1.98. The largest absolute Gasteiger partial charge is 0.279 e. The number of hydrogen-bond acceptors (Lipinski definition) is 4. The molecule has 0 unspecified atom stereocenters. The van der Waals surface area contributed by atoms with E-state index in [1.807, 2.05) is 13.8 Å². The molecule has 0 fully saturated rings. The number of nitrogens with zero attached hydrogens (tertiary/aromatic N) is 2. The zero-order valence-corrected chi connectivity index (χ0v) is 11.4. The lowest BCUT2D eigenvalue weighted by molar-refractivity contribution is 0.604. The third-order valence-electron chi connectivity index (χ3n) is 2.26. The van der Waals surface area contributed by atoms with Crippen LogP contribution in [0.5, 0.6) is 0 Å². The monoisotopic (exact) mass is 278 g/mol. The molecule has 2 aromatic rings. The second-order valence-corrected chi connectivity index (χ2v) is 7.40. The minimum Gasteiger partial charge on any atom is -0.279 e. The van der Waals surface area contributed by atoms with E-state index in [1.165, 1.54) is 11.3 Å². The summed E-state index contributed by atoms with van der Waals surface area (Å²) in [5.41, 5.74) is 0.441. The highest BCUT2D eigenvalue weighted by Gasteiger charge is 2.22. The first kappa shape index (κ1) is 11.9. The van der Waals surface area contributed by atoms with Crippen LogP contribution in [0.2, 0.25) is 0 Å². The van der Waals surface area contributed by atoms with E-state index in [0.717, 1.165) is 4.88 Å². The van der Waals surface area contributed by atoms with E-state index < -0.39 is 9.05 Å². The Morgan fingerprint density at radius 2 is 2.12 bits per heavy atom. The van der Waals surface area contributed by atoms with Gasteiger partial charge in [0, 0.05) is 21.8 Å². The Morgan fingerprint density at radius 3 is 2.62 bits per heavy atom. The maximum Gasteiger partial charge on any atom is 0.279 e. The van der Waals surface area contributed by atoms with E-state index in [2.05, 4.69) is 4.98 Å². The first-order valence-corrected chi connectivity index (χ1v) is 7.86. The Bertz CT molecular complexity index is 640. The normalized spacial score (nSPS) is 12.8. The van der Waals surface area contributed by atoms with Crippen LogP contribution in [0.25, 0.3) is 4.96 Å². The number of halogens is 1. The highest BCUT2D eigenvalue weighted by Crippen LogP contribution is 2.29. The van der Waals surface area contributed by atoms with Gasteiger partial charge in [-0.3, -0.25) is 4.40 Å². The summed E-state index contributed by atoms with van der Waals surface area (Å²) < 4.78 is 24.4. The van der Waals surface area contributed by atoms with Gasteiger partial charge >= 0.3 is 0 Å². The van der Waals surface area contributed by atoms with Crippen LogP contribution in [-0.4, -0.2) is 17.8 Å². The second kappa shape index (κ2) is 3.72. The number of aromatic nitrogens is 2. The summed E-state index contributed by atoms with van der Waals surface area (Å²) in [7, 11) is 1.64. The molecule has 0 saturated heterocycles. The van der Waals surface area contributed by atoms with E-state index >= 15 is 0 Å². The van der Waals surface area contributed by atoms with Gasteiger partial charge in [0.1, 0.15) is 0 Å². The molecule has 2 aromatic heterocycles. The fourth-order valence-electron chi connectivity index (χ4n) is 1.51. The van der Waals surface area contributed by atoms with Crippen LogP contribution in [0.15, 0.2) is 11.2 Å². The summed E-state index contributed by atoms with van der Waals surface area (Å²) >= 11 is 1.49. The van der Waals surface area contributed by atoms with Crippen LogP contribution >= 0.6 is 22.0 Å². The average molecular weight is 279 g/mol. The molecule has 0 aromatic carbocycles. The van der Waals surface area contributed by atoms with Crippen molar-refractivity contribution in [3.63, 3.8) is 0 Å². The molecule has 0 spiro atoms. The third kappa shape index (κ3) is 1.85. The number of thiazole rings is 1. The van der Waals surface area contributed by atoms with Crippen molar-refractivity contribution in [2.24, 2.45) is 0 Å². The molecule has 88 valence electrons. The fraction of sp³-hybridized carbons (Fsp3) is 0.444. The van der Waals surface area contributed by atoms with Gasteiger partial charge in [-0.25, -0.2) is 13.4 Å². The molecule has 2 rings (SSSR count). The van der Waals surface area contributed by atoms with Crippen LogP contribution in [-0.2, 0) is 9.05 Å². The van der Waals surface area contributed by atoms with E-state index in [4.69, 9.17) is 10.7 Å². The zero-order chi connectivity index (χ0) is 12.1. The Hall–Kier alpha value is -0.590. The van der Waals surface area contributed by atoms with Crippen molar-refractivity contribution in [1.82, 2.24) is 9.38 Å². The van der Waals surface area contributed by atoms with E-state index in [1.54, 1.807) is 17.5 Å². The Morgan fingerprint density at radius 1 is 1.50 bits per heavy atom. The van der Waals surface area contributed by atoms with Gasteiger partial charge in [0.15, 0.2) is 9.99 Å². The van der Waals surface area contributed by atoms with Crippen molar-refractivity contribution in [2.45, 2.75) is 31.7 Å². The van der Waals surface area contributed by atoms with Crippen molar-refractivity contribution in [2.75, 3.05) is 0 Å². The fourth-order valence-corrected chi connectivity index (χ4v) is 3.93. The van der Waals surface area contributed by atoms with Crippen LogP contribution < -0.4 is 0 Å². The summed E-state index contributed by atoms with van der Waals surface area (Å²) in [5.74, 6) is 0.345. The lowest BCUT2D eigenvalue weighted by atomic mass is 10.2. The van der Waals surface area contributed by atoms with E-state index in [9.17, 15) is 8.42 Å². The van der Waals surface area contributed by atoms with Crippen molar-refractivity contribution >= 4 is 36.0 Å². The Balaban J connectivity index is 2.78. The molecule has 2 heterocycles. The van der Waals surface area contributed by atoms with Crippen LogP contribution in [0.1, 0.15) is 30.3 Å². The quantitative estimate of drug-likeness (QED) is 0.794. The predicted molar refractivity (Wildman–Crippen MR) is 64.9 cm³/mol. The number of fused-ring (bicyclic) bond motifs is 1. The lowest BCUT2D eigenvalue weighted by Crippen LogP contribution is -1.97. The van der Waals surface area contributed by atoms with Crippen molar-refractivity contribution in [1.29, 1.82) is 0 Å². The van der Waals surface area contributed by atoms with Gasteiger partial charge in [-0.2, -0.15) is 0 Å². The molecule has 0 amide bonds. The van der Waals surface area contributed by atoms with Gasteiger partial charge in [0.25, 0.3) is 9.05 Å². The summed E-state index contributed by atoms with van der Waals surface area (Å²) in [6, 6.07) is 0. The topological polar surface area (TPSA) is 51.4 Å². The van der Waals surface area contributed by atoms with Crippen molar-refractivity contribution in [3.8, 4) is 0 Å². The number of aryl methyl sites for hydroxylation is 1. The molecule has 0 N–H and O–H groups in total. The summed E-state index contributed by atoms with van der Waals surface area (Å²) in [4.78, 5) is 5.95. The van der Waals surface area contributed by atoms with Crippen LogP contribution in [0.3, 0.4) is 0 Å². The van der Waals surface area contributed by atoms with Crippen molar-refractivity contribution < 1.29 is 8.42 Å². The molecular formula is C9H11ClN2O2S2. The van der Waals surface area contributed by atoms with Crippen molar-refractivity contribution in [3.05, 3.63) is 16.8 Å².